The number of hydrogen-bond acceptors (Lipinski definition) is 2. The monoisotopic (exact) mass is 255 g/mol. The van der Waals surface area contributed by atoms with Crippen molar-refractivity contribution in [3.05, 3.63) is 13.2 Å². The normalized spacial score (nSPS) is 31.0. The van der Waals surface area contributed by atoms with Gasteiger partial charge in [-0.05, 0) is 12.8 Å². The zero-order valence-corrected chi connectivity index (χ0v) is 8.21. The minimum Gasteiger partial charge on any atom is -0.363 e. The number of halogens is 1. The molecule has 1 heterocycles. The number of nitrogens with two attached hydrogens (primary N) is 1. The first-order valence-corrected chi connectivity index (χ1v) is 4.57. The van der Waals surface area contributed by atoms with E-state index in [1.54, 1.807) is 0 Å². The number of ether oxygens (including phenoxy) is 1. The van der Waals surface area contributed by atoms with E-state index in [1.165, 1.54) is 6.42 Å². The van der Waals surface area contributed by atoms with Crippen molar-refractivity contribution in [1.29, 1.82) is 0 Å². The van der Waals surface area contributed by atoms with Gasteiger partial charge in [-0.25, -0.2) is 0 Å². The van der Waals surface area contributed by atoms with Gasteiger partial charge in [-0.15, -0.1) is 13.2 Å². The topological polar surface area (TPSA) is 35.2 Å². The van der Waals surface area contributed by atoms with E-state index in [0.717, 1.165) is 6.42 Å². The molecule has 1 aliphatic heterocycles. The summed E-state index contributed by atoms with van der Waals surface area (Å²) in [5.41, 5.74) is 5.37. The molecule has 60 valence electrons. The second kappa shape index (κ2) is 6.12. The molecule has 2 N–H and O–H groups in total. The molecular weight excluding hydrogens is 241 g/mol. The summed E-state index contributed by atoms with van der Waals surface area (Å²) in [5, 5.41) is 0. The Balaban J connectivity index is 0.000000371. The van der Waals surface area contributed by atoms with Gasteiger partial charge in [0.2, 0.25) is 0 Å². The Bertz CT molecular complexity index is 89.7. The summed E-state index contributed by atoms with van der Waals surface area (Å²) < 4.78 is 5.79. The minimum atomic E-state index is 0.344. The van der Waals surface area contributed by atoms with Crippen LogP contribution in [0, 0.1) is 0 Å². The van der Waals surface area contributed by atoms with Crippen molar-refractivity contribution in [3.8, 4) is 0 Å². The van der Waals surface area contributed by atoms with E-state index >= 15 is 0 Å². The number of alkyl halides is 1. The third-order valence-electron chi connectivity index (χ3n) is 1.32. The molecule has 0 bridgehead atoms. The maximum absolute atomic E-state index is 5.37. The summed E-state index contributed by atoms with van der Waals surface area (Å²) in [6, 6.07) is 0. The highest BCUT2D eigenvalue weighted by Gasteiger charge is 2.20. The minimum absolute atomic E-state index is 0.344. The van der Waals surface area contributed by atoms with Gasteiger partial charge in [-0.2, -0.15) is 0 Å². The Hall–Kier alpha value is 0.390. The van der Waals surface area contributed by atoms with Crippen LogP contribution in [0.4, 0.5) is 0 Å². The fraction of sp³-hybridized carbons (Fsp3) is 0.714. The second-order valence-electron chi connectivity index (χ2n) is 1.98. The summed E-state index contributed by atoms with van der Waals surface area (Å²) >= 11 is 2.29. The maximum Gasteiger partial charge on any atom is 0.109 e. The lowest BCUT2D eigenvalue weighted by atomic mass is 10.2. The van der Waals surface area contributed by atoms with Gasteiger partial charge < -0.3 is 10.5 Å². The molecule has 0 unspecified atom stereocenters. The van der Waals surface area contributed by atoms with Crippen molar-refractivity contribution in [1.82, 2.24) is 0 Å². The van der Waals surface area contributed by atoms with E-state index < -0.39 is 0 Å². The molecule has 1 rings (SSSR count). The molecule has 2 atom stereocenters. The molecular formula is C7H14INO. The lowest BCUT2D eigenvalue weighted by Gasteiger charge is -2.04. The van der Waals surface area contributed by atoms with E-state index in [-0.39, 0.29) is 0 Å². The highest BCUT2D eigenvalue weighted by molar-refractivity contribution is 14.1. The van der Waals surface area contributed by atoms with Gasteiger partial charge >= 0.3 is 0 Å². The van der Waals surface area contributed by atoms with Crippen LogP contribution in [0.3, 0.4) is 0 Å². The summed E-state index contributed by atoms with van der Waals surface area (Å²) in [4.78, 5) is 0. The smallest absolute Gasteiger partial charge is 0.109 e. The zero-order valence-electron chi connectivity index (χ0n) is 6.05. The average molecular weight is 255 g/mol. The summed E-state index contributed by atoms with van der Waals surface area (Å²) in [6.45, 7) is 6.68. The van der Waals surface area contributed by atoms with Crippen molar-refractivity contribution >= 4 is 22.6 Å². The fourth-order valence-electron chi connectivity index (χ4n) is 0.835. The molecule has 0 amide bonds. The first-order valence-electron chi connectivity index (χ1n) is 3.32. The molecule has 1 aliphatic rings. The van der Waals surface area contributed by atoms with E-state index in [2.05, 4.69) is 35.7 Å². The van der Waals surface area contributed by atoms with Crippen molar-refractivity contribution < 1.29 is 4.74 Å². The molecule has 0 aromatic rings. The highest BCUT2D eigenvalue weighted by atomic mass is 127. The molecule has 0 spiro atoms. The predicted octanol–water partition coefficient (Wildman–Crippen LogP) is 1.69. The Labute approximate surface area is 76.0 Å². The van der Waals surface area contributed by atoms with Crippen LogP contribution < -0.4 is 5.73 Å². The van der Waals surface area contributed by atoms with Gasteiger partial charge in [-0.1, -0.05) is 22.6 Å². The van der Waals surface area contributed by atoms with Gasteiger partial charge in [-0.3, -0.25) is 0 Å². The van der Waals surface area contributed by atoms with Crippen LogP contribution in [-0.2, 0) is 4.74 Å². The standard InChI is InChI=1S/C5H10INO.C2H4/c6-5-2-1-4(3-7)8-5;1-2/h4-5H,1-3,7H2;1-2H2/t4-,5+;/m0./s1. The van der Waals surface area contributed by atoms with Gasteiger partial charge in [0.05, 0.1) is 6.10 Å². The van der Waals surface area contributed by atoms with Crippen LogP contribution in [0.2, 0.25) is 0 Å². The molecule has 2 nitrogen and oxygen atoms in total. The highest BCUT2D eigenvalue weighted by Crippen LogP contribution is 2.22. The molecule has 0 saturated carbocycles. The van der Waals surface area contributed by atoms with Crippen molar-refractivity contribution in [2.24, 2.45) is 5.73 Å². The molecule has 1 fully saturated rings. The third kappa shape index (κ3) is 3.53. The Morgan fingerprint density at radius 1 is 1.50 bits per heavy atom. The number of rotatable bonds is 1. The fourth-order valence-corrected chi connectivity index (χ4v) is 1.61. The van der Waals surface area contributed by atoms with Gasteiger partial charge in [0, 0.05) is 6.54 Å². The maximum atomic E-state index is 5.37. The van der Waals surface area contributed by atoms with Crippen LogP contribution in [0.5, 0.6) is 0 Å². The summed E-state index contributed by atoms with van der Waals surface area (Å²) in [7, 11) is 0. The van der Waals surface area contributed by atoms with E-state index in [4.69, 9.17) is 10.5 Å². The lowest BCUT2D eigenvalue weighted by Crippen LogP contribution is -2.18. The van der Waals surface area contributed by atoms with E-state index in [1.807, 2.05) is 0 Å². The van der Waals surface area contributed by atoms with Gasteiger partial charge in [0.15, 0.2) is 0 Å². The summed E-state index contributed by atoms with van der Waals surface area (Å²) in [5.74, 6) is 0. The zero-order chi connectivity index (χ0) is 7.98. The summed E-state index contributed by atoms with van der Waals surface area (Å²) in [6.07, 6.45) is 2.66. The van der Waals surface area contributed by atoms with Crippen molar-refractivity contribution in [2.75, 3.05) is 6.54 Å². The van der Waals surface area contributed by atoms with Crippen LogP contribution in [0.25, 0.3) is 0 Å². The van der Waals surface area contributed by atoms with Crippen LogP contribution in [0.1, 0.15) is 12.8 Å². The lowest BCUT2D eigenvalue weighted by molar-refractivity contribution is 0.107. The van der Waals surface area contributed by atoms with E-state index in [0.29, 0.717) is 16.8 Å². The van der Waals surface area contributed by atoms with Crippen molar-refractivity contribution in [3.63, 3.8) is 0 Å². The molecule has 0 aliphatic carbocycles. The Morgan fingerprint density at radius 3 is 2.30 bits per heavy atom. The molecule has 0 aromatic heterocycles. The van der Waals surface area contributed by atoms with Crippen molar-refractivity contribution in [2.45, 2.75) is 23.1 Å². The Morgan fingerprint density at radius 2 is 2.10 bits per heavy atom. The van der Waals surface area contributed by atoms with Crippen LogP contribution >= 0.6 is 22.6 Å². The molecule has 10 heavy (non-hydrogen) atoms. The molecule has 1 saturated heterocycles. The van der Waals surface area contributed by atoms with Gasteiger partial charge in [0.1, 0.15) is 4.11 Å². The SMILES string of the molecule is C=C.NC[C@@H]1CC[C@H](I)O1. The molecule has 0 aromatic carbocycles. The van der Waals surface area contributed by atoms with Gasteiger partial charge in [0.25, 0.3) is 0 Å². The van der Waals surface area contributed by atoms with Crippen LogP contribution in [-0.4, -0.2) is 16.8 Å². The Kier molecular flexibility index (Phi) is 6.36. The predicted molar refractivity (Wildman–Crippen MR) is 52.2 cm³/mol. The first-order chi connectivity index (χ1) is 4.83. The molecule has 3 heteroatoms. The second-order valence-corrected chi connectivity index (χ2v) is 3.37. The van der Waals surface area contributed by atoms with Crippen LogP contribution in [0.15, 0.2) is 13.2 Å². The largest absolute Gasteiger partial charge is 0.363 e. The quantitative estimate of drug-likeness (QED) is 0.439. The van der Waals surface area contributed by atoms with E-state index in [9.17, 15) is 0 Å². The average Bonchev–Trinajstić information content (AvgIpc) is 2.40. The first kappa shape index (κ1) is 10.4. The number of hydrogen-bond donors (Lipinski definition) is 1. The molecule has 0 radical (unpaired) electrons. The third-order valence-corrected chi connectivity index (χ3v) is 2.24.